The minimum atomic E-state index is 0.380. The van der Waals surface area contributed by atoms with Crippen LogP contribution in [-0.2, 0) is 6.61 Å². The minimum absolute atomic E-state index is 0.380. The van der Waals surface area contributed by atoms with E-state index in [-0.39, 0.29) is 0 Å². The highest BCUT2D eigenvalue weighted by Gasteiger charge is 2.06. The van der Waals surface area contributed by atoms with Gasteiger partial charge in [0.15, 0.2) is 0 Å². The number of aromatic nitrogens is 1. The van der Waals surface area contributed by atoms with Crippen molar-refractivity contribution < 1.29 is 4.74 Å². The molecule has 0 fully saturated rings. The zero-order valence-corrected chi connectivity index (χ0v) is 12.6. The Labute approximate surface area is 122 Å². The highest BCUT2D eigenvalue weighted by Crippen LogP contribution is 2.21. The summed E-state index contributed by atoms with van der Waals surface area (Å²) >= 11 is 6.37. The fourth-order valence-corrected chi connectivity index (χ4v) is 2.46. The molecule has 0 aliphatic carbocycles. The van der Waals surface area contributed by atoms with Gasteiger partial charge in [0.1, 0.15) is 22.4 Å². The van der Waals surface area contributed by atoms with Crippen molar-refractivity contribution in [1.29, 1.82) is 0 Å². The number of rotatable bonds is 5. The average molecular weight is 292 g/mol. The molecular weight excluding hydrogens is 276 g/mol. The van der Waals surface area contributed by atoms with Crippen LogP contribution in [0.5, 0.6) is 5.75 Å². The molecule has 0 unspecified atom stereocenters. The topological polar surface area (TPSA) is 48.1 Å². The van der Waals surface area contributed by atoms with E-state index in [0.717, 1.165) is 15.6 Å². The summed E-state index contributed by atoms with van der Waals surface area (Å²) in [6.45, 7) is 4.76. The van der Waals surface area contributed by atoms with E-state index < -0.39 is 0 Å². The van der Waals surface area contributed by atoms with Crippen LogP contribution in [0.1, 0.15) is 35.2 Å². The van der Waals surface area contributed by atoms with Crippen LogP contribution in [0.4, 0.5) is 0 Å². The maximum absolute atomic E-state index is 5.74. The molecule has 2 aromatic rings. The Hall–Kier alpha value is -1.46. The van der Waals surface area contributed by atoms with Crippen LogP contribution in [0, 0.1) is 0 Å². The van der Waals surface area contributed by atoms with Crippen LogP contribution in [0.25, 0.3) is 0 Å². The zero-order valence-electron chi connectivity index (χ0n) is 10.9. The number of hydrogen-bond donors (Lipinski definition) is 1. The molecule has 5 heteroatoms. The highest BCUT2D eigenvalue weighted by molar-refractivity contribution is 7.81. The van der Waals surface area contributed by atoms with Crippen molar-refractivity contribution in [3.05, 3.63) is 45.9 Å². The maximum Gasteiger partial charge on any atom is 0.140 e. The highest BCUT2D eigenvalue weighted by atomic mass is 32.1. The molecule has 0 saturated carbocycles. The lowest BCUT2D eigenvalue weighted by atomic mass is 10.0. The average Bonchev–Trinajstić information content (AvgIpc) is 2.85. The number of benzene rings is 1. The number of thiazole rings is 1. The maximum atomic E-state index is 5.74. The molecule has 0 spiro atoms. The first-order chi connectivity index (χ1) is 9.06. The summed E-state index contributed by atoms with van der Waals surface area (Å²) in [5.41, 5.74) is 6.81. The molecule has 2 N–H and O–H groups in total. The summed E-state index contributed by atoms with van der Waals surface area (Å²) in [4.78, 5) is 5.44. The summed E-state index contributed by atoms with van der Waals surface area (Å²) in [6.07, 6.45) is 1.69. The van der Waals surface area contributed by atoms with Gasteiger partial charge in [-0.3, -0.25) is 0 Å². The van der Waals surface area contributed by atoms with Crippen LogP contribution in [0.15, 0.2) is 30.5 Å². The lowest BCUT2D eigenvalue weighted by molar-refractivity contribution is 0.305. The van der Waals surface area contributed by atoms with Gasteiger partial charge in [-0.1, -0.05) is 38.2 Å². The van der Waals surface area contributed by atoms with Crippen molar-refractivity contribution >= 4 is 28.5 Å². The Morgan fingerprint density at radius 1 is 1.47 bits per heavy atom. The van der Waals surface area contributed by atoms with Crippen LogP contribution < -0.4 is 10.5 Å². The third kappa shape index (κ3) is 3.75. The van der Waals surface area contributed by atoms with E-state index in [9.17, 15) is 0 Å². The molecule has 1 aromatic heterocycles. The second-order valence-electron chi connectivity index (χ2n) is 4.50. The summed E-state index contributed by atoms with van der Waals surface area (Å²) in [5, 5.41) is 0.873. The summed E-state index contributed by atoms with van der Waals surface area (Å²) in [5.74, 6) is 1.35. The largest absolute Gasteiger partial charge is 0.486 e. The van der Waals surface area contributed by atoms with Gasteiger partial charge in [-0.25, -0.2) is 4.98 Å². The van der Waals surface area contributed by atoms with E-state index in [1.807, 2.05) is 12.1 Å². The first-order valence-electron chi connectivity index (χ1n) is 6.03. The third-order valence-electron chi connectivity index (χ3n) is 2.68. The standard InChI is InChI=1S/C14H16N2OS2/c1-9(2)10-4-3-5-11(6-10)17-8-13-16-7-12(19-13)14(15)18/h3-7,9H,8H2,1-2H3,(H2,15,18). The fraction of sp³-hybridized carbons (Fsp3) is 0.286. The monoisotopic (exact) mass is 292 g/mol. The van der Waals surface area contributed by atoms with Crippen LogP contribution in [0.2, 0.25) is 0 Å². The van der Waals surface area contributed by atoms with Gasteiger partial charge in [-0.15, -0.1) is 11.3 Å². The van der Waals surface area contributed by atoms with Crippen LogP contribution in [-0.4, -0.2) is 9.97 Å². The zero-order chi connectivity index (χ0) is 13.8. The predicted molar refractivity (Wildman–Crippen MR) is 82.9 cm³/mol. The molecule has 1 heterocycles. The summed E-state index contributed by atoms with van der Waals surface area (Å²) in [6, 6.07) is 8.12. The van der Waals surface area contributed by atoms with Gasteiger partial charge in [0.2, 0.25) is 0 Å². The number of thiocarbonyl (C=S) groups is 1. The van der Waals surface area contributed by atoms with E-state index in [0.29, 0.717) is 17.5 Å². The summed E-state index contributed by atoms with van der Waals surface area (Å²) < 4.78 is 5.74. The van der Waals surface area contributed by atoms with Crippen LogP contribution in [0.3, 0.4) is 0 Å². The second kappa shape index (κ2) is 6.12. The van der Waals surface area contributed by atoms with Gasteiger partial charge in [0.25, 0.3) is 0 Å². The van der Waals surface area contributed by atoms with Crippen LogP contribution >= 0.6 is 23.6 Å². The molecule has 0 aliphatic heterocycles. The van der Waals surface area contributed by atoms with Crippen molar-refractivity contribution in [2.45, 2.75) is 26.4 Å². The van der Waals surface area contributed by atoms with Crippen molar-refractivity contribution in [3.8, 4) is 5.75 Å². The van der Waals surface area contributed by atoms with Gasteiger partial charge >= 0.3 is 0 Å². The van der Waals surface area contributed by atoms with E-state index >= 15 is 0 Å². The van der Waals surface area contributed by atoms with Crippen molar-refractivity contribution in [2.75, 3.05) is 0 Å². The van der Waals surface area contributed by atoms with Crippen molar-refractivity contribution in [2.24, 2.45) is 5.73 Å². The molecule has 100 valence electrons. The van der Waals surface area contributed by atoms with E-state index in [4.69, 9.17) is 22.7 Å². The quantitative estimate of drug-likeness (QED) is 0.857. The molecular formula is C14H16N2OS2. The molecule has 0 aliphatic rings. The van der Waals surface area contributed by atoms with E-state index in [1.165, 1.54) is 16.9 Å². The summed E-state index contributed by atoms with van der Waals surface area (Å²) in [7, 11) is 0. The number of nitrogens with zero attached hydrogens (tertiary/aromatic N) is 1. The normalized spacial score (nSPS) is 10.7. The van der Waals surface area contributed by atoms with Crippen molar-refractivity contribution in [1.82, 2.24) is 4.98 Å². The van der Waals surface area contributed by atoms with Gasteiger partial charge in [-0.05, 0) is 23.6 Å². The number of ether oxygens (including phenoxy) is 1. The lowest BCUT2D eigenvalue weighted by Gasteiger charge is -2.08. The molecule has 3 nitrogen and oxygen atoms in total. The predicted octanol–water partition coefficient (Wildman–Crippen LogP) is 3.48. The smallest absolute Gasteiger partial charge is 0.140 e. The Morgan fingerprint density at radius 3 is 2.89 bits per heavy atom. The first-order valence-corrected chi connectivity index (χ1v) is 7.26. The second-order valence-corrected chi connectivity index (χ2v) is 6.05. The van der Waals surface area contributed by atoms with Crippen molar-refractivity contribution in [3.63, 3.8) is 0 Å². The minimum Gasteiger partial charge on any atom is -0.486 e. The Kier molecular flexibility index (Phi) is 4.50. The molecule has 1 aromatic carbocycles. The molecule has 0 radical (unpaired) electrons. The molecule has 0 saturated heterocycles. The Bertz CT molecular complexity index is 578. The molecule has 2 rings (SSSR count). The van der Waals surface area contributed by atoms with Gasteiger partial charge in [0, 0.05) is 6.20 Å². The molecule has 0 atom stereocenters. The molecule has 0 amide bonds. The first kappa shape index (κ1) is 14.0. The lowest BCUT2D eigenvalue weighted by Crippen LogP contribution is -2.06. The third-order valence-corrected chi connectivity index (χ3v) is 4.04. The van der Waals surface area contributed by atoms with E-state index in [1.54, 1.807) is 6.20 Å². The van der Waals surface area contributed by atoms with Gasteiger partial charge in [0.05, 0.1) is 4.88 Å². The number of hydrogen-bond acceptors (Lipinski definition) is 4. The Morgan fingerprint density at radius 2 is 2.26 bits per heavy atom. The Balaban J connectivity index is 2.01. The molecule has 19 heavy (non-hydrogen) atoms. The fourth-order valence-electron chi connectivity index (χ4n) is 1.60. The van der Waals surface area contributed by atoms with Gasteiger partial charge in [-0.2, -0.15) is 0 Å². The SMILES string of the molecule is CC(C)c1cccc(OCc2ncc(C(N)=S)s2)c1. The van der Waals surface area contributed by atoms with E-state index in [2.05, 4.69) is 31.0 Å². The van der Waals surface area contributed by atoms with Gasteiger partial charge < -0.3 is 10.5 Å². The molecule has 0 bridgehead atoms. The number of nitrogens with two attached hydrogens (primary N) is 1.